The molecule has 0 bridgehead atoms. The van der Waals surface area contributed by atoms with Crippen molar-refractivity contribution in [2.24, 2.45) is 0 Å². The van der Waals surface area contributed by atoms with Crippen molar-refractivity contribution >= 4 is 21.4 Å². The van der Waals surface area contributed by atoms with Gasteiger partial charge in [0.1, 0.15) is 10.8 Å². The monoisotopic (exact) mass is 272 g/mol. The second-order valence-electron chi connectivity index (χ2n) is 4.79. The van der Waals surface area contributed by atoms with Gasteiger partial charge in [-0.05, 0) is 17.5 Å². The maximum absolute atomic E-state index is 12.0. The molecule has 0 amide bonds. The molecule has 0 fully saturated rings. The summed E-state index contributed by atoms with van der Waals surface area (Å²) < 4.78 is 25.4. The fraction of sp³-hybridized carbons (Fsp3) is 0.545. The first-order chi connectivity index (χ1) is 7.69. The Morgan fingerprint density at radius 1 is 1.41 bits per heavy atom. The van der Waals surface area contributed by atoms with Crippen molar-refractivity contribution in [1.82, 2.24) is 4.31 Å². The Morgan fingerprint density at radius 2 is 2.00 bits per heavy atom. The van der Waals surface area contributed by atoms with Gasteiger partial charge >= 0.3 is 0 Å². The third-order valence-corrected chi connectivity index (χ3v) is 6.06. The number of hydrogen-bond donors (Lipinski definition) is 0. The van der Waals surface area contributed by atoms with Crippen molar-refractivity contribution in [3.05, 3.63) is 17.0 Å². The van der Waals surface area contributed by atoms with Crippen LogP contribution in [0.15, 0.2) is 16.3 Å². The predicted molar refractivity (Wildman–Crippen MR) is 68.4 cm³/mol. The van der Waals surface area contributed by atoms with E-state index in [1.165, 1.54) is 18.4 Å². The van der Waals surface area contributed by atoms with Crippen molar-refractivity contribution in [2.45, 2.75) is 30.4 Å². The van der Waals surface area contributed by atoms with E-state index in [2.05, 4.69) is 0 Å². The van der Waals surface area contributed by atoms with E-state index in [1.54, 1.807) is 6.07 Å². The first kappa shape index (κ1) is 14.2. The van der Waals surface area contributed by atoms with E-state index in [0.29, 0.717) is 4.21 Å². The van der Waals surface area contributed by atoms with Gasteiger partial charge in [0.2, 0.25) is 0 Å². The number of thiophene rings is 1. The van der Waals surface area contributed by atoms with E-state index in [-0.39, 0.29) is 12.0 Å². The lowest BCUT2D eigenvalue weighted by Gasteiger charge is -2.15. The molecule has 0 saturated carbocycles. The lowest BCUT2D eigenvalue weighted by molar-refractivity contribution is 0.504. The molecular formula is C11H16N2O2S2. The summed E-state index contributed by atoms with van der Waals surface area (Å²) in [5.41, 5.74) is -0.0633. The van der Waals surface area contributed by atoms with Crippen LogP contribution in [0.3, 0.4) is 0 Å². The summed E-state index contributed by atoms with van der Waals surface area (Å²) in [6, 6.07) is 5.27. The Morgan fingerprint density at radius 3 is 2.41 bits per heavy atom. The lowest BCUT2D eigenvalue weighted by atomic mass is 9.95. The van der Waals surface area contributed by atoms with Crippen LogP contribution in [0.2, 0.25) is 0 Å². The highest BCUT2D eigenvalue weighted by Gasteiger charge is 2.25. The van der Waals surface area contributed by atoms with Crippen LogP contribution >= 0.6 is 11.3 Å². The molecule has 1 rings (SSSR count). The summed E-state index contributed by atoms with van der Waals surface area (Å²) in [5.74, 6) is 0. The summed E-state index contributed by atoms with van der Waals surface area (Å²) in [6.07, 6.45) is 0. The van der Waals surface area contributed by atoms with Crippen LogP contribution in [0.4, 0.5) is 0 Å². The highest BCUT2D eigenvalue weighted by Crippen LogP contribution is 2.32. The first-order valence-corrected chi connectivity index (χ1v) is 7.39. The van der Waals surface area contributed by atoms with Crippen LogP contribution in [-0.4, -0.2) is 26.3 Å². The van der Waals surface area contributed by atoms with Crippen LogP contribution in [0, 0.1) is 11.3 Å². The Hall–Kier alpha value is -0.900. The van der Waals surface area contributed by atoms with Crippen molar-refractivity contribution in [3.8, 4) is 6.07 Å². The molecule has 0 aliphatic carbocycles. The molecule has 0 aromatic carbocycles. The first-order valence-electron chi connectivity index (χ1n) is 5.13. The number of rotatable bonds is 3. The second-order valence-corrected chi connectivity index (χ2v) is 8.14. The molecule has 1 aromatic rings. The maximum atomic E-state index is 12.0. The third kappa shape index (κ3) is 3.06. The SMILES string of the molecule is CN(CC#N)S(=O)(=O)c1ccc(C(C)(C)C)s1. The normalized spacial score (nSPS) is 12.7. The fourth-order valence-electron chi connectivity index (χ4n) is 1.20. The largest absolute Gasteiger partial charge is 0.253 e. The average molecular weight is 272 g/mol. The van der Waals surface area contributed by atoms with Gasteiger partial charge < -0.3 is 0 Å². The number of sulfonamides is 1. The molecule has 17 heavy (non-hydrogen) atoms. The Bertz CT molecular complexity index is 533. The molecule has 0 spiro atoms. The van der Waals surface area contributed by atoms with Gasteiger partial charge in [-0.1, -0.05) is 20.8 Å². The van der Waals surface area contributed by atoms with Crippen molar-refractivity contribution in [3.63, 3.8) is 0 Å². The van der Waals surface area contributed by atoms with Crippen molar-refractivity contribution in [1.29, 1.82) is 5.26 Å². The molecule has 0 radical (unpaired) electrons. The molecule has 0 N–H and O–H groups in total. The molecule has 0 aliphatic rings. The Balaban J connectivity index is 3.11. The molecule has 0 aliphatic heterocycles. The standard InChI is InChI=1S/C11H16N2O2S2/c1-11(2,3)9-5-6-10(16-9)17(14,15)13(4)8-7-12/h5-6H,8H2,1-4H3. The minimum absolute atomic E-state index is 0.0633. The topological polar surface area (TPSA) is 61.2 Å². The zero-order valence-corrected chi connectivity index (χ0v) is 12.0. The second kappa shape index (κ2) is 4.77. The Labute approximate surface area is 107 Å². The highest BCUT2D eigenvalue weighted by molar-refractivity contribution is 7.91. The van der Waals surface area contributed by atoms with Gasteiger partial charge in [0, 0.05) is 11.9 Å². The van der Waals surface area contributed by atoms with Gasteiger partial charge in [0.05, 0.1) is 6.07 Å². The minimum Gasteiger partial charge on any atom is -0.206 e. The van der Waals surface area contributed by atoms with Gasteiger partial charge in [-0.25, -0.2) is 8.42 Å². The van der Waals surface area contributed by atoms with Crippen molar-refractivity contribution < 1.29 is 8.42 Å². The van der Waals surface area contributed by atoms with E-state index in [4.69, 9.17) is 5.26 Å². The van der Waals surface area contributed by atoms with Crippen LogP contribution in [0.5, 0.6) is 0 Å². The lowest BCUT2D eigenvalue weighted by Crippen LogP contribution is -2.26. The molecule has 1 aromatic heterocycles. The van der Waals surface area contributed by atoms with Crippen LogP contribution in [-0.2, 0) is 15.4 Å². The van der Waals surface area contributed by atoms with Gasteiger partial charge in [-0.3, -0.25) is 0 Å². The highest BCUT2D eigenvalue weighted by atomic mass is 32.2. The smallest absolute Gasteiger partial charge is 0.206 e. The molecule has 0 unspecified atom stereocenters. The Kier molecular flexibility index (Phi) is 3.97. The summed E-state index contributed by atoms with van der Waals surface area (Å²) in [6.45, 7) is 5.97. The molecule has 0 atom stereocenters. The van der Waals surface area contributed by atoms with E-state index < -0.39 is 10.0 Å². The average Bonchev–Trinajstić information content (AvgIpc) is 2.66. The third-order valence-electron chi connectivity index (χ3n) is 2.28. The van der Waals surface area contributed by atoms with Gasteiger partial charge in [0.15, 0.2) is 0 Å². The van der Waals surface area contributed by atoms with Gasteiger partial charge in [-0.2, -0.15) is 9.57 Å². The predicted octanol–water partition coefficient (Wildman–Crippen LogP) is 2.19. The van der Waals surface area contributed by atoms with Gasteiger partial charge in [-0.15, -0.1) is 11.3 Å². The number of hydrogen-bond acceptors (Lipinski definition) is 4. The summed E-state index contributed by atoms with van der Waals surface area (Å²) in [5, 5.41) is 8.53. The number of nitriles is 1. The molecule has 4 nitrogen and oxygen atoms in total. The van der Waals surface area contributed by atoms with Crippen LogP contribution in [0.25, 0.3) is 0 Å². The van der Waals surface area contributed by atoms with Gasteiger partial charge in [0.25, 0.3) is 10.0 Å². The van der Waals surface area contributed by atoms with Crippen molar-refractivity contribution in [2.75, 3.05) is 13.6 Å². The van der Waals surface area contributed by atoms with Crippen LogP contribution < -0.4 is 0 Å². The summed E-state index contributed by atoms with van der Waals surface area (Å²) in [4.78, 5) is 1.02. The maximum Gasteiger partial charge on any atom is 0.253 e. The van der Waals surface area contributed by atoms with E-state index in [9.17, 15) is 8.42 Å². The fourth-order valence-corrected chi connectivity index (χ4v) is 3.84. The molecule has 1 heterocycles. The van der Waals surface area contributed by atoms with E-state index >= 15 is 0 Å². The summed E-state index contributed by atoms with van der Waals surface area (Å²) >= 11 is 1.26. The zero-order chi connectivity index (χ0) is 13.3. The molecular weight excluding hydrogens is 256 g/mol. The number of nitrogens with zero attached hydrogens (tertiary/aromatic N) is 2. The summed E-state index contributed by atoms with van der Waals surface area (Å²) in [7, 11) is -2.10. The van der Waals surface area contributed by atoms with Crippen LogP contribution in [0.1, 0.15) is 25.6 Å². The molecule has 94 valence electrons. The molecule has 0 saturated heterocycles. The minimum atomic E-state index is -3.51. The van der Waals surface area contributed by atoms with E-state index in [0.717, 1.165) is 9.18 Å². The quantitative estimate of drug-likeness (QED) is 0.792. The van der Waals surface area contributed by atoms with E-state index in [1.807, 2.05) is 32.9 Å². The zero-order valence-electron chi connectivity index (χ0n) is 10.4. The molecule has 6 heteroatoms.